The van der Waals surface area contributed by atoms with Gasteiger partial charge in [-0.15, -0.1) is 11.3 Å². The number of nitrogens with one attached hydrogen (secondary N) is 1. The van der Waals surface area contributed by atoms with Gasteiger partial charge >= 0.3 is 0 Å². The molecule has 20 heavy (non-hydrogen) atoms. The summed E-state index contributed by atoms with van der Waals surface area (Å²) in [5.74, 6) is 0.773. The molecule has 0 aromatic carbocycles. The Morgan fingerprint density at radius 1 is 1.45 bits per heavy atom. The summed E-state index contributed by atoms with van der Waals surface area (Å²) in [6.45, 7) is 4.13. The lowest BCUT2D eigenvalue weighted by molar-refractivity contribution is 0.116. The molecule has 106 valence electrons. The number of thiazole rings is 1. The van der Waals surface area contributed by atoms with Crippen LogP contribution in [0.15, 0.2) is 22.4 Å². The van der Waals surface area contributed by atoms with Crippen molar-refractivity contribution in [2.24, 2.45) is 5.92 Å². The van der Waals surface area contributed by atoms with Crippen molar-refractivity contribution in [2.75, 3.05) is 19.6 Å². The van der Waals surface area contributed by atoms with E-state index < -0.39 is 0 Å². The third-order valence-electron chi connectivity index (χ3n) is 4.51. The number of fused-ring (bicyclic) bond motifs is 2. The van der Waals surface area contributed by atoms with Crippen molar-refractivity contribution < 1.29 is 0 Å². The Bertz CT molecular complexity index is 679. The molecule has 0 saturated carbocycles. The first-order valence-corrected chi connectivity index (χ1v) is 8.10. The summed E-state index contributed by atoms with van der Waals surface area (Å²) in [4.78, 5) is 19.9. The normalized spacial score (nSPS) is 27.0. The number of piperidine rings is 1. The minimum absolute atomic E-state index is 0.0318. The van der Waals surface area contributed by atoms with Crippen molar-refractivity contribution in [1.82, 2.24) is 19.6 Å². The van der Waals surface area contributed by atoms with E-state index in [9.17, 15) is 4.79 Å². The maximum atomic E-state index is 12.0. The van der Waals surface area contributed by atoms with Crippen LogP contribution in [0.25, 0.3) is 4.96 Å². The van der Waals surface area contributed by atoms with Crippen LogP contribution in [0.3, 0.4) is 0 Å². The van der Waals surface area contributed by atoms with Gasteiger partial charge in [0, 0.05) is 36.8 Å². The van der Waals surface area contributed by atoms with Crippen LogP contribution in [0, 0.1) is 5.92 Å². The van der Waals surface area contributed by atoms with E-state index in [4.69, 9.17) is 0 Å². The molecule has 0 amide bonds. The number of aromatic nitrogens is 2. The molecular formula is C14H18N4OS. The van der Waals surface area contributed by atoms with Crippen molar-refractivity contribution in [3.63, 3.8) is 0 Å². The van der Waals surface area contributed by atoms with Crippen LogP contribution in [0.5, 0.6) is 0 Å². The summed E-state index contributed by atoms with van der Waals surface area (Å²) in [6.07, 6.45) is 4.37. The second-order valence-corrected chi connectivity index (χ2v) is 6.61. The van der Waals surface area contributed by atoms with Crippen LogP contribution in [0.2, 0.25) is 0 Å². The average molecular weight is 290 g/mol. The molecule has 2 aromatic heterocycles. The van der Waals surface area contributed by atoms with Gasteiger partial charge in [0.2, 0.25) is 0 Å². The molecule has 2 aromatic rings. The maximum Gasteiger partial charge on any atom is 0.258 e. The lowest BCUT2D eigenvalue weighted by Crippen LogP contribution is -2.44. The Morgan fingerprint density at radius 3 is 3.35 bits per heavy atom. The van der Waals surface area contributed by atoms with E-state index in [0.29, 0.717) is 6.04 Å². The fourth-order valence-corrected chi connectivity index (χ4v) is 4.28. The third kappa shape index (κ3) is 2.08. The van der Waals surface area contributed by atoms with Gasteiger partial charge in [-0.05, 0) is 31.8 Å². The molecule has 0 aliphatic carbocycles. The molecule has 4 heterocycles. The van der Waals surface area contributed by atoms with Gasteiger partial charge in [0.05, 0.1) is 5.69 Å². The van der Waals surface area contributed by atoms with Crippen LogP contribution in [-0.4, -0.2) is 40.0 Å². The quantitative estimate of drug-likeness (QED) is 0.894. The van der Waals surface area contributed by atoms with Gasteiger partial charge in [0.25, 0.3) is 5.56 Å². The van der Waals surface area contributed by atoms with Gasteiger partial charge in [0.15, 0.2) is 4.96 Å². The fourth-order valence-electron chi connectivity index (χ4n) is 3.54. The summed E-state index contributed by atoms with van der Waals surface area (Å²) in [7, 11) is 0. The Kier molecular flexibility index (Phi) is 3.09. The molecule has 5 nitrogen and oxygen atoms in total. The predicted molar refractivity (Wildman–Crippen MR) is 79.1 cm³/mol. The van der Waals surface area contributed by atoms with E-state index in [2.05, 4.69) is 15.2 Å². The van der Waals surface area contributed by atoms with E-state index in [1.807, 2.05) is 5.38 Å². The van der Waals surface area contributed by atoms with Gasteiger partial charge in [-0.3, -0.25) is 14.1 Å². The van der Waals surface area contributed by atoms with Crippen LogP contribution < -0.4 is 10.9 Å². The molecule has 2 unspecified atom stereocenters. The number of hydrogen-bond donors (Lipinski definition) is 1. The monoisotopic (exact) mass is 290 g/mol. The van der Waals surface area contributed by atoms with Crippen LogP contribution in [-0.2, 0) is 6.54 Å². The molecule has 4 rings (SSSR count). The van der Waals surface area contributed by atoms with Crippen LogP contribution in [0.4, 0.5) is 0 Å². The highest BCUT2D eigenvalue weighted by Gasteiger charge is 2.34. The van der Waals surface area contributed by atoms with E-state index in [0.717, 1.165) is 42.8 Å². The SMILES string of the molecule is O=c1cc(CN2CCCC3CNCC32)nc2sccn12. The number of nitrogens with zero attached hydrogens (tertiary/aromatic N) is 3. The summed E-state index contributed by atoms with van der Waals surface area (Å²) in [5.41, 5.74) is 0.939. The molecule has 2 aliphatic rings. The Balaban J connectivity index is 1.61. The maximum absolute atomic E-state index is 12.0. The van der Waals surface area contributed by atoms with E-state index in [-0.39, 0.29) is 5.56 Å². The minimum atomic E-state index is 0.0318. The van der Waals surface area contributed by atoms with Crippen molar-refractivity contribution in [2.45, 2.75) is 25.4 Å². The molecule has 1 N–H and O–H groups in total. The van der Waals surface area contributed by atoms with Crippen molar-refractivity contribution in [3.8, 4) is 0 Å². The topological polar surface area (TPSA) is 49.6 Å². The summed E-state index contributed by atoms with van der Waals surface area (Å²) in [6, 6.07) is 2.30. The average Bonchev–Trinajstić information content (AvgIpc) is 3.06. The molecule has 0 bridgehead atoms. The second kappa shape index (κ2) is 4.95. The minimum Gasteiger partial charge on any atom is -0.315 e. The lowest BCUT2D eigenvalue weighted by Gasteiger charge is -2.36. The van der Waals surface area contributed by atoms with E-state index in [1.54, 1.807) is 16.7 Å². The first-order valence-electron chi connectivity index (χ1n) is 7.22. The van der Waals surface area contributed by atoms with E-state index >= 15 is 0 Å². The second-order valence-electron chi connectivity index (χ2n) is 5.74. The molecule has 2 saturated heterocycles. The van der Waals surface area contributed by atoms with Crippen LogP contribution >= 0.6 is 11.3 Å². The van der Waals surface area contributed by atoms with E-state index in [1.165, 1.54) is 24.2 Å². The summed E-state index contributed by atoms with van der Waals surface area (Å²) in [5, 5.41) is 5.40. The molecule has 0 spiro atoms. The first-order chi connectivity index (χ1) is 9.81. The number of hydrogen-bond acceptors (Lipinski definition) is 5. The van der Waals surface area contributed by atoms with Gasteiger partial charge in [-0.1, -0.05) is 0 Å². The molecule has 2 fully saturated rings. The predicted octanol–water partition coefficient (Wildman–Crippen LogP) is 0.940. The van der Waals surface area contributed by atoms with Crippen molar-refractivity contribution in [1.29, 1.82) is 0 Å². The van der Waals surface area contributed by atoms with Gasteiger partial charge < -0.3 is 5.32 Å². The summed E-state index contributed by atoms with van der Waals surface area (Å²) < 4.78 is 1.62. The summed E-state index contributed by atoms with van der Waals surface area (Å²) >= 11 is 1.52. The first kappa shape index (κ1) is 12.5. The molecule has 2 aliphatic heterocycles. The van der Waals surface area contributed by atoms with Crippen LogP contribution in [0.1, 0.15) is 18.5 Å². The highest BCUT2D eigenvalue weighted by atomic mass is 32.1. The number of rotatable bonds is 2. The third-order valence-corrected chi connectivity index (χ3v) is 5.27. The largest absolute Gasteiger partial charge is 0.315 e. The van der Waals surface area contributed by atoms with Crippen molar-refractivity contribution >= 4 is 16.3 Å². The van der Waals surface area contributed by atoms with Crippen molar-refractivity contribution in [3.05, 3.63) is 33.7 Å². The zero-order chi connectivity index (χ0) is 13.5. The Hall–Kier alpha value is -1.24. The Labute approximate surface area is 121 Å². The van der Waals surface area contributed by atoms with Gasteiger partial charge in [0.1, 0.15) is 0 Å². The zero-order valence-electron chi connectivity index (χ0n) is 11.3. The zero-order valence-corrected chi connectivity index (χ0v) is 12.1. The highest BCUT2D eigenvalue weighted by Crippen LogP contribution is 2.27. The lowest BCUT2D eigenvalue weighted by atomic mass is 9.92. The smallest absolute Gasteiger partial charge is 0.258 e. The standard InChI is InChI=1S/C14H18N4OS/c19-13-6-11(16-14-18(13)4-5-20-14)9-17-3-1-2-10-7-15-8-12(10)17/h4-6,10,12,15H,1-3,7-9H2. The van der Waals surface area contributed by atoms with Gasteiger partial charge in [-0.2, -0.15) is 0 Å². The molecule has 2 atom stereocenters. The molecular weight excluding hydrogens is 272 g/mol. The fraction of sp³-hybridized carbons (Fsp3) is 0.571. The highest BCUT2D eigenvalue weighted by molar-refractivity contribution is 7.15. The molecule has 0 radical (unpaired) electrons. The molecule has 6 heteroatoms. The number of likely N-dealkylation sites (tertiary alicyclic amines) is 1. The Morgan fingerprint density at radius 2 is 2.40 bits per heavy atom. The van der Waals surface area contributed by atoms with Gasteiger partial charge in [-0.25, -0.2) is 4.98 Å².